The number of rotatable bonds is 31. The molecule has 0 radical (unpaired) electrons. The van der Waals surface area contributed by atoms with Crippen LogP contribution in [0.2, 0.25) is 0 Å². The number of benzene rings is 6. The summed E-state index contributed by atoms with van der Waals surface area (Å²) in [5, 5.41) is 20.4. The smallest absolute Gasteiger partial charge is 0.236 e. The van der Waals surface area contributed by atoms with E-state index < -0.39 is 23.7 Å². The van der Waals surface area contributed by atoms with Crippen molar-refractivity contribution in [2.45, 2.75) is 31.6 Å². The molecule has 4 heterocycles. The standard InChI is InChI=1S/C41H52N6O8.C34H39N5O9.HI/c1-8-42-25-43-14-9-16-47(2,3)17-19-53-18-15-44-41(48)38-32-24-46(28-10-12-29(49-4)13-11-28)45-39(32)31-23-34-33(54-26-55-34)22-30(31)37(38)27-20-35(50-5)40(52-7)36(21-27)51-6;1-42-21-7-5-20(6-8-21)39-17-24-31(34(41)36-10-12-46-11-9-29(40)37-35)30(19-13-27(43-2)33(45-4)28(14-19)44-3)22-15-25-26(48-18-47-25)16-23(22)32(24)38-39;/h10-13,20-23,32,37-38H,8-9,14-19,24,26H2,1-7H3;5-8,13-16,24,30-31H,9-12,17-18,35H2,1-4H3,(H,36,41)(H,37,40);1H/t32-,37+,38-;24-,30+,31-;/m00./s1. The summed E-state index contributed by atoms with van der Waals surface area (Å²) in [5.41, 5.74) is 10.5. The van der Waals surface area contributed by atoms with E-state index in [0.29, 0.717) is 103 Å². The van der Waals surface area contributed by atoms with Gasteiger partial charge in [0.1, 0.15) is 18.0 Å². The van der Waals surface area contributed by atoms with E-state index in [0.717, 1.165) is 91.7 Å². The van der Waals surface area contributed by atoms with Gasteiger partial charge >= 0.3 is 0 Å². The minimum Gasteiger partial charge on any atom is -1.00 e. The van der Waals surface area contributed by atoms with Crippen molar-refractivity contribution in [2.75, 3.05) is 173 Å². The van der Waals surface area contributed by atoms with Crippen molar-refractivity contribution in [3.63, 3.8) is 0 Å². The van der Waals surface area contributed by atoms with E-state index in [1.165, 1.54) is 0 Å². The third-order valence-corrected chi connectivity index (χ3v) is 19.1. The number of amides is 3. The van der Waals surface area contributed by atoms with E-state index in [4.69, 9.17) is 82.4 Å². The monoisotopic (exact) mass is 1550 g/mol. The Morgan fingerprint density at radius 2 is 0.981 bits per heavy atom. The largest absolute Gasteiger partial charge is 1.00 e. The molecule has 0 saturated carbocycles. The Bertz CT molecular complexity index is 4090. The SMILES string of the molecule is CCN=C=NCCC[N+](C)(C)CCOCCNC(=O)[C@@H]1[C@H](c2cc(OC)c(OC)c(OC)c2)c2cc3c(cc2C2=NN(c4ccc(OC)cc4)C[C@H]21)OCO3.COc1ccc(N2C[C@@H]3C(=N2)c2cc4c(cc2[C@@H](c2cc(OC)c(OC)c(OC)c2)[C@H]3C(=O)NCCOCCC(=O)NN)OCO4)cc1.[I-]. The van der Waals surface area contributed by atoms with Gasteiger partial charge in [-0.1, -0.05) is 0 Å². The highest BCUT2D eigenvalue weighted by atomic mass is 127. The molecule has 6 aromatic rings. The van der Waals surface area contributed by atoms with Crippen molar-refractivity contribution in [1.29, 1.82) is 0 Å². The van der Waals surface area contributed by atoms with Crippen LogP contribution in [0.25, 0.3) is 0 Å². The number of nitrogens with one attached hydrogen (secondary N) is 3. The number of nitrogens with zero attached hydrogens (tertiary/aromatic N) is 7. The lowest BCUT2D eigenvalue weighted by molar-refractivity contribution is -0.890. The Morgan fingerprint density at radius 1 is 0.558 bits per heavy atom. The van der Waals surface area contributed by atoms with Crippen LogP contribution in [-0.4, -0.2) is 203 Å². The van der Waals surface area contributed by atoms with Gasteiger partial charge in [0.25, 0.3) is 0 Å². The second-order valence-electron chi connectivity index (χ2n) is 25.6. The molecule has 2 aliphatic carbocycles. The molecule has 0 aromatic heterocycles. The van der Waals surface area contributed by atoms with E-state index in [1.807, 2.05) is 114 Å². The van der Waals surface area contributed by atoms with Gasteiger partial charge in [0.15, 0.2) is 46.0 Å². The summed E-state index contributed by atoms with van der Waals surface area (Å²) in [4.78, 5) is 48.8. The van der Waals surface area contributed by atoms with Gasteiger partial charge < -0.3 is 105 Å². The van der Waals surface area contributed by atoms with Crippen molar-refractivity contribution in [3.8, 4) is 69.0 Å². The first-order chi connectivity index (χ1) is 50.1. The van der Waals surface area contributed by atoms with Gasteiger partial charge in [-0.3, -0.25) is 29.8 Å². The minimum absolute atomic E-state index is 0. The Balaban J connectivity index is 0.000000223. The summed E-state index contributed by atoms with van der Waals surface area (Å²) >= 11 is 0. The second kappa shape index (κ2) is 35.6. The van der Waals surface area contributed by atoms with Crippen LogP contribution in [0.3, 0.4) is 0 Å². The molecule has 0 fully saturated rings. The number of fused-ring (bicyclic) bond motifs is 8. The van der Waals surface area contributed by atoms with Gasteiger partial charge in [0.05, 0.1) is 171 Å². The first-order valence-electron chi connectivity index (χ1n) is 34.2. The number of carbonyl (C=O) groups is 3. The first-order valence-corrected chi connectivity index (χ1v) is 34.2. The number of methoxy groups -OCH3 is 8. The van der Waals surface area contributed by atoms with Crippen LogP contribution in [0.4, 0.5) is 11.4 Å². The molecular formula is C75H92IN11O17. The molecule has 0 spiro atoms. The fraction of sp³-hybridized carbons (Fsp3) is 0.440. The number of ether oxygens (including phenoxy) is 14. The van der Waals surface area contributed by atoms with Crippen LogP contribution in [-0.2, 0) is 23.9 Å². The van der Waals surface area contributed by atoms with E-state index in [2.05, 4.69) is 46.1 Å². The lowest BCUT2D eigenvalue weighted by Gasteiger charge is -2.38. The normalized spacial score (nSPS) is 18.2. The van der Waals surface area contributed by atoms with Crippen LogP contribution in [0, 0.1) is 23.7 Å². The highest BCUT2D eigenvalue weighted by molar-refractivity contribution is 6.11. The van der Waals surface area contributed by atoms with Gasteiger partial charge in [-0.05, 0) is 126 Å². The number of hydrogen-bond acceptors (Lipinski definition) is 24. The zero-order valence-electron chi connectivity index (χ0n) is 60.5. The lowest BCUT2D eigenvalue weighted by atomic mass is 9.65. The van der Waals surface area contributed by atoms with E-state index in [-0.39, 0.29) is 93.3 Å². The minimum atomic E-state index is -0.620. The molecule has 29 heteroatoms. The average molecular weight is 1550 g/mol. The maximum absolute atomic E-state index is 14.7. The summed E-state index contributed by atoms with van der Waals surface area (Å²) in [7, 11) is 17.0. The van der Waals surface area contributed by atoms with Crippen molar-refractivity contribution in [1.82, 2.24) is 16.1 Å². The van der Waals surface area contributed by atoms with E-state index in [9.17, 15) is 14.4 Å². The molecule has 12 rings (SSSR count). The summed E-state index contributed by atoms with van der Waals surface area (Å²) in [6, 6.07) is 33.6. The molecule has 0 bridgehead atoms. The Kier molecular flexibility index (Phi) is 26.3. The molecule has 104 heavy (non-hydrogen) atoms. The van der Waals surface area contributed by atoms with E-state index >= 15 is 0 Å². The Hall–Kier alpha value is -9.78. The fourth-order valence-electron chi connectivity index (χ4n) is 14.0. The van der Waals surface area contributed by atoms with Crippen molar-refractivity contribution in [3.05, 3.63) is 130 Å². The molecule has 3 amide bonds. The molecule has 0 unspecified atom stereocenters. The number of hydrazine groups is 1. The highest BCUT2D eigenvalue weighted by Gasteiger charge is 2.52. The van der Waals surface area contributed by atoms with Gasteiger partial charge in [-0.15, -0.1) is 0 Å². The summed E-state index contributed by atoms with van der Waals surface area (Å²) in [6.07, 6.45) is 1.06. The third-order valence-electron chi connectivity index (χ3n) is 19.1. The fourth-order valence-corrected chi connectivity index (χ4v) is 14.0. The molecule has 5 N–H and O–H groups in total. The molecule has 0 saturated heterocycles. The highest BCUT2D eigenvalue weighted by Crippen LogP contribution is 2.55. The zero-order chi connectivity index (χ0) is 72.7. The van der Waals surface area contributed by atoms with Crippen molar-refractivity contribution >= 4 is 46.5 Å². The predicted molar refractivity (Wildman–Crippen MR) is 385 cm³/mol. The quantitative estimate of drug-likeness (QED) is 0.00891. The summed E-state index contributed by atoms with van der Waals surface area (Å²) in [6.45, 7) is 8.21. The molecule has 556 valence electrons. The third kappa shape index (κ3) is 17.0. The average Bonchev–Trinajstić information content (AvgIpc) is 1.49. The number of anilines is 2. The van der Waals surface area contributed by atoms with E-state index in [1.54, 1.807) is 56.9 Å². The van der Waals surface area contributed by atoms with Crippen LogP contribution in [0.1, 0.15) is 65.0 Å². The molecule has 4 aliphatic heterocycles. The van der Waals surface area contributed by atoms with Crippen molar-refractivity contribution < 1.29 is 109 Å². The molecular weight excluding hydrogens is 1450 g/mol. The molecule has 28 nitrogen and oxygen atoms in total. The molecule has 6 aromatic carbocycles. The lowest BCUT2D eigenvalue weighted by Crippen LogP contribution is -3.00. The van der Waals surface area contributed by atoms with Crippen molar-refractivity contribution in [2.24, 2.45) is 49.7 Å². The van der Waals surface area contributed by atoms with Gasteiger partial charge in [0.2, 0.25) is 42.8 Å². The molecule has 6 aliphatic rings. The summed E-state index contributed by atoms with van der Waals surface area (Å²) in [5.74, 6) is 8.60. The van der Waals surface area contributed by atoms with Gasteiger partial charge in [0, 0.05) is 60.9 Å². The zero-order valence-corrected chi connectivity index (χ0v) is 62.7. The number of hydrazone groups is 2. The van der Waals surface area contributed by atoms with Crippen LogP contribution < -0.4 is 113 Å². The predicted octanol–water partition coefficient (Wildman–Crippen LogP) is 4.41. The number of nitrogens with two attached hydrogens (primary N) is 1. The Labute approximate surface area is 622 Å². The van der Waals surface area contributed by atoms with Crippen LogP contribution in [0.15, 0.2) is 117 Å². The number of likely N-dealkylation sites (N-methyl/N-ethyl adjacent to an activating group) is 1. The number of carbonyl (C=O) groups excluding carboxylic acids is 3. The van der Waals surface area contributed by atoms with Crippen LogP contribution >= 0.6 is 0 Å². The number of quaternary nitrogens is 1. The maximum Gasteiger partial charge on any atom is 0.236 e. The van der Waals surface area contributed by atoms with Gasteiger partial charge in [-0.25, -0.2) is 15.8 Å². The number of hydrogen-bond donors (Lipinski definition) is 4. The molecule has 6 atom stereocenters. The first kappa shape index (κ1) is 76.8. The number of aliphatic imine (C=N–C) groups is 2. The number of halogens is 1. The summed E-state index contributed by atoms with van der Waals surface area (Å²) < 4.78 is 80.9. The topological polar surface area (TPSA) is 298 Å². The maximum atomic E-state index is 14.7. The van der Waals surface area contributed by atoms with Crippen LogP contribution in [0.5, 0.6) is 69.0 Å². The van der Waals surface area contributed by atoms with Gasteiger partial charge in [-0.2, -0.15) is 10.2 Å². The Morgan fingerprint density at radius 3 is 1.38 bits per heavy atom. The second-order valence-corrected chi connectivity index (χ2v) is 25.6.